The van der Waals surface area contributed by atoms with Gasteiger partial charge in [0.15, 0.2) is 5.13 Å². The highest BCUT2D eigenvalue weighted by molar-refractivity contribution is 8.01. The molecule has 1 aromatic heterocycles. The van der Waals surface area contributed by atoms with Crippen LogP contribution in [0.2, 0.25) is 5.02 Å². The molecule has 1 atom stereocenters. The molecule has 2 heterocycles. The fourth-order valence-corrected chi connectivity index (χ4v) is 6.16. The second kappa shape index (κ2) is 10.5. The van der Waals surface area contributed by atoms with Gasteiger partial charge < -0.3 is 15.1 Å². The highest BCUT2D eigenvalue weighted by Crippen LogP contribution is 2.38. The molecule has 34 heavy (non-hydrogen) atoms. The number of nitrogens with one attached hydrogen (secondary N) is 1. The molecule has 2 aliphatic rings. The summed E-state index contributed by atoms with van der Waals surface area (Å²) in [5, 5.41) is 3.86. The van der Waals surface area contributed by atoms with E-state index in [1.807, 2.05) is 26.0 Å². The standard InChI is InChI=1S/C24H27ClN4O3S2/c1-4-20(30)29-9-5-8-28(13-15(29)3)23(32)17-11-19(14(2)10-18(17)25)33-21-12-26-24(34-21)27-22(31)16-6-7-16/h4,10-12,15-16H,1,5-9,13H2,2-3H3,(H,26,27,31)/t15-/m1/s1. The van der Waals surface area contributed by atoms with Crippen LogP contribution in [-0.2, 0) is 9.59 Å². The van der Waals surface area contributed by atoms with Crippen molar-refractivity contribution in [1.82, 2.24) is 14.8 Å². The first kappa shape index (κ1) is 24.8. The summed E-state index contributed by atoms with van der Waals surface area (Å²) in [6, 6.07) is 3.52. The van der Waals surface area contributed by atoms with Crippen molar-refractivity contribution in [2.24, 2.45) is 5.92 Å². The third-order valence-electron chi connectivity index (χ3n) is 5.96. The van der Waals surface area contributed by atoms with Gasteiger partial charge in [0.1, 0.15) is 0 Å². The van der Waals surface area contributed by atoms with E-state index in [2.05, 4.69) is 16.9 Å². The van der Waals surface area contributed by atoms with Crippen LogP contribution >= 0.6 is 34.7 Å². The molecule has 1 aliphatic carbocycles. The molecule has 1 aliphatic heterocycles. The number of carbonyl (C=O) groups is 3. The lowest BCUT2D eigenvalue weighted by molar-refractivity contribution is -0.127. The van der Waals surface area contributed by atoms with Crippen LogP contribution in [0, 0.1) is 12.8 Å². The first-order valence-corrected chi connectivity index (χ1v) is 13.2. The molecule has 10 heteroatoms. The van der Waals surface area contributed by atoms with Crippen molar-refractivity contribution in [3.05, 3.63) is 47.1 Å². The van der Waals surface area contributed by atoms with Gasteiger partial charge in [0.05, 0.1) is 21.0 Å². The molecule has 7 nitrogen and oxygen atoms in total. The monoisotopic (exact) mass is 518 g/mol. The van der Waals surface area contributed by atoms with Crippen LogP contribution in [0.15, 0.2) is 40.1 Å². The lowest BCUT2D eigenvalue weighted by Gasteiger charge is -2.28. The van der Waals surface area contributed by atoms with Crippen molar-refractivity contribution in [3.63, 3.8) is 0 Å². The summed E-state index contributed by atoms with van der Waals surface area (Å²) < 4.78 is 0.914. The number of anilines is 1. The Hall–Kier alpha value is -2.36. The zero-order chi connectivity index (χ0) is 24.4. The predicted octanol–water partition coefficient (Wildman–Crippen LogP) is 4.85. The summed E-state index contributed by atoms with van der Waals surface area (Å²) in [6.45, 7) is 9.04. The minimum absolute atomic E-state index is 0.0292. The lowest BCUT2D eigenvalue weighted by Crippen LogP contribution is -2.43. The summed E-state index contributed by atoms with van der Waals surface area (Å²) in [6.07, 6.45) is 5.62. The van der Waals surface area contributed by atoms with E-state index in [-0.39, 0.29) is 29.7 Å². The van der Waals surface area contributed by atoms with E-state index >= 15 is 0 Å². The van der Waals surface area contributed by atoms with Crippen LogP contribution in [0.1, 0.15) is 42.1 Å². The summed E-state index contributed by atoms with van der Waals surface area (Å²) in [7, 11) is 0. The van der Waals surface area contributed by atoms with Gasteiger partial charge in [0, 0.05) is 36.5 Å². The fraction of sp³-hybridized carbons (Fsp3) is 0.417. The topological polar surface area (TPSA) is 82.6 Å². The molecule has 0 unspecified atom stereocenters. The molecule has 0 spiro atoms. The summed E-state index contributed by atoms with van der Waals surface area (Å²) in [5.74, 6) is -0.114. The number of hydrogen-bond acceptors (Lipinski definition) is 6. The van der Waals surface area contributed by atoms with Gasteiger partial charge in [-0.05, 0) is 56.9 Å². The molecule has 1 saturated carbocycles. The summed E-state index contributed by atoms with van der Waals surface area (Å²) in [5.41, 5.74) is 1.40. The third-order valence-corrected chi connectivity index (χ3v) is 8.44. The van der Waals surface area contributed by atoms with Crippen LogP contribution in [0.5, 0.6) is 0 Å². The first-order chi connectivity index (χ1) is 16.3. The molecular weight excluding hydrogens is 492 g/mol. The molecule has 1 saturated heterocycles. The minimum Gasteiger partial charge on any atom is -0.336 e. The molecular formula is C24H27ClN4O3S2. The van der Waals surface area contributed by atoms with Crippen molar-refractivity contribution < 1.29 is 14.4 Å². The van der Waals surface area contributed by atoms with Crippen LogP contribution in [0.25, 0.3) is 0 Å². The Bertz CT molecular complexity index is 1130. The molecule has 1 N–H and O–H groups in total. The molecule has 180 valence electrons. The highest BCUT2D eigenvalue weighted by atomic mass is 35.5. The molecule has 0 radical (unpaired) electrons. The van der Waals surface area contributed by atoms with Crippen LogP contribution < -0.4 is 5.32 Å². The Morgan fingerprint density at radius 1 is 1.29 bits per heavy atom. The maximum absolute atomic E-state index is 13.4. The number of rotatable bonds is 6. The molecule has 4 rings (SSSR count). The van der Waals surface area contributed by atoms with E-state index < -0.39 is 0 Å². The van der Waals surface area contributed by atoms with Crippen LogP contribution in [0.4, 0.5) is 5.13 Å². The Morgan fingerprint density at radius 2 is 2.06 bits per heavy atom. The normalized spacial score (nSPS) is 18.4. The molecule has 2 aromatic rings. The quantitative estimate of drug-likeness (QED) is 0.552. The number of benzene rings is 1. The van der Waals surface area contributed by atoms with Gasteiger partial charge in [0.2, 0.25) is 11.8 Å². The van der Waals surface area contributed by atoms with Crippen molar-refractivity contribution in [2.75, 3.05) is 25.0 Å². The van der Waals surface area contributed by atoms with Crippen molar-refractivity contribution >= 4 is 57.6 Å². The Morgan fingerprint density at radius 3 is 2.76 bits per heavy atom. The maximum Gasteiger partial charge on any atom is 0.255 e. The van der Waals surface area contributed by atoms with E-state index in [1.165, 1.54) is 29.2 Å². The molecule has 2 fully saturated rings. The number of amides is 3. The largest absolute Gasteiger partial charge is 0.336 e. The fourth-order valence-electron chi connectivity index (χ4n) is 3.91. The van der Waals surface area contributed by atoms with Gasteiger partial charge in [-0.1, -0.05) is 41.3 Å². The highest BCUT2D eigenvalue weighted by Gasteiger charge is 2.30. The second-order valence-electron chi connectivity index (χ2n) is 8.64. The third kappa shape index (κ3) is 5.64. The van der Waals surface area contributed by atoms with Gasteiger partial charge >= 0.3 is 0 Å². The Labute approximate surface area is 212 Å². The van der Waals surface area contributed by atoms with Crippen LogP contribution in [0.3, 0.4) is 0 Å². The Kier molecular flexibility index (Phi) is 7.64. The molecule has 1 aromatic carbocycles. The SMILES string of the molecule is C=CC(=O)N1CCCN(C(=O)c2cc(Sc3cnc(NC(=O)C4CC4)s3)c(C)cc2Cl)C[C@H]1C. The van der Waals surface area contributed by atoms with Gasteiger partial charge in [-0.15, -0.1) is 0 Å². The van der Waals surface area contributed by atoms with E-state index in [9.17, 15) is 14.4 Å². The molecule has 3 amide bonds. The maximum atomic E-state index is 13.4. The van der Waals surface area contributed by atoms with Gasteiger partial charge in [-0.3, -0.25) is 14.4 Å². The summed E-state index contributed by atoms with van der Waals surface area (Å²) in [4.78, 5) is 46.3. The molecule has 0 bridgehead atoms. The van der Waals surface area contributed by atoms with Gasteiger partial charge in [0.25, 0.3) is 5.91 Å². The number of carbonyl (C=O) groups excluding carboxylic acids is 3. The van der Waals surface area contributed by atoms with E-state index in [0.29, 0.717) is 41.8 Å². The van der Waals surface area contributed by atoms with Crippen molar-refractivity contribution in [2.45, 2.75) is 48.3 Å². The number of nitrogens with zero attached hydrogens (tertiary/aromatic N) is 3. The Balaban J connectivity index is 1.49. The zero-order valence-electron chi connectivity index (χ0n) is 19.2. The van der Waals surface area contributed by atoms with Gasteiger partial charge in [-0.25, -0.2) is 4.98 Å². The first-order valence-electron chi connectivity index (χ1n) is 11.2. The number of halogens is 1. The number of thiazole rings is 1. The van der Waals surface area contributed by atoms with Gasteiger partial charge in [-0.2, -0.15) is 0 Å². The van der Waals surface area contributed by atoms with Crippen molar-refractivity contribution in [3.8, 4) is 0 Å². The average Bonchev–Trinajstić information content (AvgIpc) is 3.60. The number of aryl methyl sites for hydroxylation is 1. The minimum atomic E-state index is -0.145. The van der Waals surface area contributed by atoms with Crippen LogP contribution in [-0.4, -0.2) is 58.2 Å². The smallest absolute Gasteiger partial charge is 0.255 e. The number of hydrogen-bond donors (Lipinski definition) is 1. The number of aromatic nitrogens is 1. The predicted molar refractivity (Wildman–Crippen MR) is 136 cm³/mol. The average molecular weight is 519 g/mol. The van der Waals surface area contributed by atoms with E-state index in [4.69, 9.17) is 11.6 Å². The lowest BCUT2D eigenvalue weighted by atomic mass is 10.1. The second-order valence-corrected chi connectivity index (χ2v) is 11.4. The van der Waals surface area contributed by atoms with Crippen molar-refractivity contribution in [1.29, 1.82) is 0 Å². The zero-order valence-corrected chi connectivity index (χ0v) is 21.6. The summed E-state index contributed by atoms with van der Waals surface area (Å²) >= 11 is 9.41. The van der Waals surface area contributed by atoms with E-state index in [1.54, 1.807) is 16.0 Å². The van der Waals surface area contributed by atoms with E-state index in [0.717, 1.165) is 27.5 Å².